The van der Waals surface area contributed by atoms with Gasteiger partial charge in [-0.25, -0.2) is 0 Å². The molecule has 11 heteroatoms. The molecule has 2 aromatic rings. The van der Waals surface area contributed by atoms with Crippen molar-refractivity contribution in [1.29, 1.82) is 0 Å². The van der Waals surface area contributed by atoms with E-state index in [0.717, 1.165) is 73.9 Å². The first kappa shape index (κ1) is 48.7. The number of phenols is 2. The molecule has 0 saturated heterocycles. The smallest absolute Gasteiger partial charge is 0.314 e. The number of aryl methyl sites for hydroxylation is 1. The summed E-state index contributed by atoms with van der Waals surface area (Å²) in [5.74, 6) is -0.365. The van der Waals surface area contributed by atoms with E-state index < -0.39 is 18.4 Å². The van der Waals surface area contributed by atoms with Crippen LogP contribution in [0, 0.1) is 0 Å². The number of phenolic OH excluding ortho intramolecular Hbond substituents is 2. The molecule has 10 nitrogen and oxygen atoms in total. The van der Waals surface area contributed by atoms with Gasteiger partial charge in [0.15, 0.2) is 0 Å². The third kappa shape index (κ3) is 14.0. The Balaban J connectivity index is 0.00000103. The standard InChI is InChI=1S/C44H66N4O2.C3H4O4.Co/c1-42(2,3)34-25-31(17-15-22-48-24-16-23-47-21-14-10-11-20-39(47)48)40(49)32(26-34)29-45-37-18-12-13-19-38(37)46-30-33-27-35(43(4,5)6)28-36(41(33)50)44(7,8)9;4-2(5)1-3(6)7;/h25-30,37-38H,10-24H2,1-9H3,(H-,45,46,49,50);1H2,(H,4,5)(H,6,7);/p+1. The third-order valence-electron chi connectivity index (χ3n) is 11.5. The van der Waals surface area contributed by atoms with Gasteiger partial charge in [-0.05, 0) is 90.0 Å². The van der Waals surface area contributed by atoms with Gasteiger partial charge in [-0.15, -0.1) is 0 Å². The van der Waals surface area contributed by atoms with Gasteiger partial charge < -0.3 is 20.4 Å². The molecule has 3 aliphatic rings. The molecule has 0 bridgehead atoms. The average Bonchev–Trinajstić information content (AvgIpc) is 3.36. The first-order valence-electron chi connectivity index (χ1n) is 21.2. The summed E-state index contributed by atoms with van der Waals surface area (Å²) in [5, 5.41) is 38.4. The van der Waals surface area contributed by atoms with E-state index in [1.54, 1.807) is 5.84 Å². The molecule has 1 aliphatic carbocycles. The molecule has 1 radical (unpaired) electrons. The zero-order valence-corrected chi connectivity index (χ0v) is 37.7. The van der Waals surface area contributed by atoms with Gasteiger partial charge in [-0.1, -0.05) is 87.3 Å². The van der Waals surface area contributed by atoms with Crippen LogP contribution in [-0.2, 0) is 49.0 Å². The number of benzene rings is 2. The van der Waals surface area contributed by atoms with Crippen molar-refractivity contribution in [1.82, 2.24) is 4.90 Å². The van der Waals surface area contributed by atoms with Crippen molar-refractivity contribution in [3.05, 3.63) is 57.6 Å². The Morgan fingerprint density at radius 2 is 1.26 bits per heavy atom. The second-order valence-corrected chi connectivity index (χ2v) is 19.4. The van der Waals surface area contributed by atoms with E-state index in [0.29, 0.717) is 11.5 Å². The number of rotatable bonds is 10. The number of nitrogens with zero attached hydrogens (tertiary/aromatic N) is 4. The maximum atomic E-state index is 11.6. The molecular weight excluding hydrogens is 775 g/mol. The predicted molar refractivity (Wildman–Crippen MR) is 231 cm³/mol. The number of carboxylic acids is 2. The Labute approximate surface area is 358 Å². The molecule has 0 spiro atoms. The van der Waals surface area contributed by atoms with Crippen molar-refractivity contribution in [2.75, 3.05) is 26.2 Å². The second kappa shape index (κ2) is 21.0. The first-order chi connectivity index (χ1) is 26.6. The molecule has 2 aromatic carbocycles. The van der Waals surface area contributed by atoms with E-state index in [-0.39, 0.29) is 45.1 Å². The number of aliphatic imine (C=N–C) groups is 2. The van der Waals surface area contributed by atoms with Crippen LogP contribution < -0.4 is 0 Å². The SMILES string of the molecule is CC(C)(C)c1cc(C=NC2CCCCC2N=Cc2cc(C(C)(C)C)cc(C(C)(C)C)c2O)c(O)c(CCCN2CCC[N+]3=C2CCCCC3)c1.O=C(O)CC(=O)O.[Co]. The summed E-state index contributed by atoms with van der Waals surface area (Å²) in [6.45, 7) is 24.4. The Bertz CT molecular complexity index is 1800. The summed E-state index contributed by atoms with van der Waals surface area (Å²) in [5.41, 5.74) is 5.74. The summed E-state index contributed by atoms with van der Waals surface area (Å²) in [7, 11) is 0. The molecule has 323 valence electrons. The minimum Gasteiger partial charge on any atom is -0.507 e. The van der Waals surface area contributed by atoms with Crippen LogP contribution in [0.15, 0.2) is 34.3 Å². The fourth-order valence-electron chi connectivity index (χ4n) is 8.05. The molecule has 0 aromatic heterocycles. The number of carboxylic acid groups (broad SMARTS) is 2. The van der Waals surface area contributed by atoms with E-state index in [2.05, 4.69) is 96.1 Å². The zero-order chi connectivity index (χ0) is 42.1. The van der Waals surface area contributed by atoms with Crippen LogP contribution in [0.4, 0.5) is 0 Å². The minimum absolute atomic E-state index is 0. The number of aromatic hydroxyl groups is 2. The molecule has 2 heterocycles. The fourth-order valence-corrected chi connectivity index (χ4v) is 8.05. The van der Waals surface area contributed by atoms with Gasteiger partial charge in [0, 0.05) is 58.7 Å². The molecule has 2 unspecified atom stereocenters. The summed E-state index contributed by atoms with van der Waals surface area (Å²) in [4.78, 5) is 31.7. The minimum atomic E-state index is -1.31. The van der Waals surface area contributed by atoms with Crippen molar-refractivity contribution in [2.45, 2.75) is 168 Å². The molecule has 5 rings (SSSR count). The second-order valence-electron chi connectivity index (χ2n) is 19.4. The fraction of sp³-hybridized carbons (Fsp3) is 0.638. The van der Waals surface area contributed by atoms with Gasteiger partial charge in [-0.2, -0.15) is 0 Å². The van der Waals surface area contributed by atoms with Crippen LogP contribution >= 0.6 is 0 Å². The molecule has 58 heavy (non-hydrogen) atoms. The number of amidine groups is 1. The van der Waals surface area contributed by atoms with Gasteiger partial charge in [0.1, 0.15) is 17.9 Å². The molecular formula is C47H71CoN4O6+. The first-order valence-corrected chi connectivity index (χ1v) is 21.2. The van der Waals surface area contributed by atoms with Crippen molar-refractivity contribution >= 4 is 30.2 Å². The summed E-state index contributed by atoms with van der Waals surface area (Å²) in [6.07, 6.45) is 15.5. The van der Waals surface area contributed by atoms with Gasteiger partial charge in [0.25, 0.3) is 0 Å². The zero-order valence-electron chi connectivity index (χ0n) is 36.7. The van der Waals surface area contributed by atoms with E-state index in [1.165, 1.54) is 56.3 Å². The quantitative estimate of drug-likeness (QED) is 0.106. The van der Waals surface area contributed by atoms with Gasteiger partial charge in [-0.3, -0.25) is 29.0 Å². The molecule has 2 atom stereocenters. The van der Waals surface area contributed by atoms with Gasteiger partial charge >= 0.3 is 11.9 Å². The monoisotopic (exact) mass is 846 g/mol. The van der Waals surface area contributed by atoms with Crippen LogP contribution in [0.25, 0.3) is 0 Å². The van der Waals surface area contributed by atoms with E-state index in [1.807, 2.05) is 12.4 Å². The number of hydrogen-bond acceptors (Lipinski definition) is 7. The van der Waals surface area contributed by atoms with Crippen LogP contribution in [-0.4, -0.2) is 98.4 Å². The molecule has 1 fully saturated rings. The largest absolute Gasteiger partial charge is 0.507 e. The van der Waals surface area contributed by atoms with Crippen LogP contribution in [0.5, 0.6) is 11.5 Å². The molecule has 1 saturated carbocycles. The van der Waals surface area contributed by atoms with Crippen LogP contribution in [0.2, 0.25) is 0 Å². The van der Waals surface area contributed by atoms with Crippen molar-refractivity contribution in [2.24, 2.45) is 9.98 Å². The topological polar surface area (TPSA) is 146 Å². The average molecular weight is 847 g/mol. The Morgan fingerprint density at radius 3 is 1.78 bits per heavy atom. The van der Waals surface area contributed by atoms with E-state index in [4.69, 9.17) is 20.2 Å². The van der Waals surface area contributed by atoms with E-state index in [9.17, 15) is 19.8 Å². The van der Waals surface area contributed by atoms with Gasteiger partial charge in [0.05, 0.1) is 38.3 Å². The Kier molecular flexibility index (Phi) is 17.6. The Hall–Kier alpha value is -3.70. The predicted octanol–water partition coefficient (Wildman–Crippen LogP) is 9.01. The van der Waals surface area contributed by atoms with Gasteiger partial charge in [0.2, 0.25) is 5.84 Å². The maximum Gasteiger partial charge on any atom is 0.314 e. The normalized spacial score (nSPS) is 19.3. The van der Waals surface area contributed by atoms with Crippen LogP contribution in [0.1, 0.15) is 166 Å². The summed E-state index contributed by atoms with van der Waals surface area (Å²) < 4.78 is 2.64. The molecule has 2 aliphatic heterocycles. The number of carbonyl (C=O) groups is 2. The molecule has 0 amide bonds. The van der Waals surface area contributed by atoms with E-state index >= 15 is 0 Å². The van der Waals surface area contributed by atoms with Crippen molar-refractivity contribution in [3.63, 3.8) is 0 Å². The Morgan fingerprint density at radius 1 is 0.724 bits per heavy atom. The summed E-state index contributed by atoms with van der Waals surface area (Å²) in [6, 6.07) is 8.69. The molecule has 4 N–H and O–H groups in total. The van der Waals surface area contributed by atoms with Crippen molar-refractivity contribution < 1.29 is 51.4 Å². The maximum absolute atomic E-state index is 11.6. The number of aliphatic carboxylic acids is 2. The third-order valence-corrected chi connectivity index (χ3v) is 11.5. The van der Waals surface area contributed by atoms with Crippen LogP contribution in [0.3, 0.4) is 0 Å². The number of hydrogen-bond donors (Lipinski definition) is 4. The van der Waals surface area contributed by atoms with Crippen molar-refractivity contribution in [3.8, 4) is 11.5 Å². The summed E-state index contributed by atoms with van der Waals surface area (Å²) >= 11 is 0.